The van der Waals surface area contributed by atoms with Gasteiger partial charge < -0.3 is 52.4 Å². The molecule has 0 aromatic rings. The second-order valence-electron chi connectivity index (χ2n) is 21.1. The fourth-order valence-corrected chi connectivity index (χ4v) is 8.50. The maximum atomic E-state index is 13.3. The van der Waals surface area contributed by atoms with Gasteiger partial charge in [-0.05, 0) is 113 Å². The lowest BCUT2D eigenvalue weighted by Crippen LogP contribution is -2.40. The molecule has 2 aliphatic carbocycles. The van der Waals surface area contributed by atoms with Crippen molar-refractivity contribution in [3.8, 4) is 0 Å². The van der Waals surface area contributed by atoms with Gasteiger partial charge in [0.15, 0.2) is 23.8 Å². The van der Waals surface area contributed by atoms with Gasteiger partial charge in [0.25, 0.3) is 0 Å². The molecule has 10 N–H and O–H groups in total. The Hall–Kier alpha value is -7.18. The first-order valence-electron chi connectivity index (χ1n) is 26.6. The summed E-state index contributed by atoms with van der Waals surface area (Å²) in [5.41, 5.74) is 16.9. The van der Waals surface area contributed by atoms with Crippen LogP contribution in [0.3, 0.4) is 0 Å². The molecule has 2 rings (SSSR count). The van der Waals surface area contributed by atoms with Crippen molar-refractivity contribution >= 4 is 47.5 Å². The number of unbranched alkanes of at least 4 members (excludes halogenated alkanes) is 2. The third-order valence-corrected chi connectivity index (χ3v) is 13.1. The third-order valence-electron chi connectivity index (χ3n) is 13.1. The maximum Gasteiger partial charge on any atom is 0.320 e. The summed E-state index contributed by atoms with van der Waals surface area (Å²) in [5.74, 6) is -3.80. The van der Waals surface area contributed by atoms with Gasteiger partial charge in [0.1, 0.15) is 12.1 Å². The number of carboxylic acids is 2. The highest BCUT2D eigenvalue weighted by molar-refractivity contribution is 6.02. The minimum atomic E-state index is -1.06. The van der Waals surface area contributed by atoms with Crippen LogP contribution in [0.5, 0.6) is 0 Å². The summed E-state index contributed by atoms with van der Waals surface area (Å²) < 4.78 is 11.2. The first kappa shape index (κ1) is 66.9. The van der Waals surface area contributed by atoms with Gasteiger partial charge in [-0.15, -0.1) is 0 Å². The number of ketones is 2. The van der Waals surface area contributed by atoms with Crippen molar-refractivity contribution in [2.24, 2.45) is 22.3 Å². The topological polar surface area (TPSA) is 296 Å². The second kappa shape index (κ2) is 33.9. The van der Waals surface area contributed by atoms with Crippen molar-refractivity contribution in [3.63, 3.8) is 0 Å². The number of carbonyl (C=O) groups excluding carboxylic acids is 6. The zero-order chi connectivity index (χ0) is 58.6. The summed E-state index contributed by atoms with van der Waals surface area (Å²) in [7, 11) is 0. The van der Waals surface area contributed by atoms with E-state index in [0.29, 0.717) is 75.6 Å². The van der Waals surface area contributed by atoms with E-state index >= 15 is 0 Å². The number of ether oxygens (including phenoxy) is 2. The lowest BCUT2D eigenvalue weighted by molar-refractivity contribution is -0.156. The summed E-state index contributed by atoms with van der Waals surface area (Å²) in [6, 6.07) is -2.79. The van der Waals surface area contributed by atoms with E-state index < -0.39 is 71.1 Å². The van der Waals surface area contributed by atoms with Gasteiger partial charge >= 0.3 is 35.9 Å². The Labute approximate surface area is 461 Å². The van der Waals surface area contributed by atoms with E-state index in [1.54, 1.807) is 13.8 Å². The zero-order valence-corrected chi connectivity index (χ0v) is 47.4. The predicted octanol–water partition coefficient (Wildman–Crippen LogP) is 8.55. The molecule has 78 heavy (non-hydrogen) atoms. The summed E-state index contributed by atoms with van der Waals surface area (Å²) in [5, 5.41) is 28.2. The Kier molecular flexibility index (Phi) is 29.1. The number of nitrogens with one attached hydrogen (secondary N) is 4. The van der Waals surface area contributed by atoms with E-state index in [-0.39, 0.29) is 37.5 Å². The highest BCUT2D eigenvalue weighted by Gasteiger charge is 2.41. The Bertz CT molecular complexity index is 2340. The largest absolute Gasteiger partial charge is 0.480 e. The number of esters is 2. The molecule has 4 amide bonds. The van der Waals surface area contributed by atoms with Crippen LogP contribution in [0, 0.1) is 10.8 Å². The Morgan fingerprint density at radius 3 is 1.21 bits per heavy atom. The number of amides is 4. The lowest BCUT2D eigenvalue weighted by atomic mass is 9.71. The molecule has 18 heteroatoms. The van der Waals surface area contributed by atoms with Gasteiger partial charge in [-0.1, -0.05) is 135 Å². The Morgan fingerprint density at radius 2 is 0.859 bits per heavy atom. The summed E-state index contributed by atoms with van der Waals surface area (Å²) in [6.07, 6.45) is 29.1. The average molecular weight is 1080 g/mol. The minimum absolute atomic E-state index is 0.0270. The van der Waals surface area contributed by atoms with Gasteiger partial charge in [0, 0.05) is 39.0 Å². The number of hydrogen-bond acceptors (Lipinski definition) is 12. The molecular formula is C60H86N6O12. The number of carbonyl (C=O) groups is 8. The van der Waals surface area contributed by atoms with Gasteiger partial charge in [0.2, 0.25) is 0 Å². The number of hydrogen-bond donors (Lipinski definition) is 8. The molecule has 4 atom stereocenters. The number of aliphatic carboxylic acids is 2. The monoisotopic (exact) mass is 1080 g/mol. The van der Waals surface area contributed by atoms with Crippen LogP contribution >= 0.6 is 0 Å². The van der Waals surface area contributed by atoms with E-state index in [4.69, 9.17) is 31.2 Å². The van der Waals surface area contributed by atoms with Crippen molar-refractivity contribution in [2.75, 3.05) is 26.2 Å². The third kappa shape index (κ3) is 25.3. The lowest BCUT2D eigenvalue weighted by Gasteiger charge is -2.36. The molecule has 0 fully saturated rings. The van der Waals surface area contributed by atoms with Gasteiger partial charge in [-0.25, -0.2) is 9.59 Å². The highest BCUT2D eigenvalue weighted by Crippen LogP contribution is 2.42. The minimum Gasteiger partial charge on any atom is -0.480 e. The molecule has 0 heterocycles. The molecule has 0 radical (unpaired) electrons. The van der Waals surface area contributed by atoms with Gasteiger partial charge in [-0.2, -0.15) is 0 Å². The number of carboxylic acid groups (broad SMARTS) is 2. The van der Waals surface area contributed by atoms with Crippen molar-refractivity contribution in [2.45, 2.75) is 158 Å². The first-order valence-corrected chi connectivity index (χ1v) is 26.6. The van der Waals surface area contributed by atoms with E-state index in [9.17, 15) is 38.4 Å². The predicted molar refractivity (Wildman–Crippen MR) is 304 cm³/mol. The second-order valence-corrected chi connectivity index (χ2v) is 21.1. The fraction of sp³-hybridized carbons (Fsp3) is 0.500. The Balaban J connectivity index is 1.85. The molecule has 0 bridgehead atoms. The van der Waals surface area contributed by atoms with Gasteiger partial charge in [0.05, 0.1) is 12.8 Å². The van der Waals surface area contributed by atoms with Gasteiger partial charge in [-0.3, -0.25) is 28.8 Å². The van der Waals surface area contributed by atoms with Crippen molar-refractivity contribution in [3.05, 3.63) is 130 Å². The van der Waals surface area contributed by atoms with Crippen molar-refractivity contribution in [1.82, 2.24) is 21.3 Å². The normalized spacial score (nSPS) is 19.3. The van der Waals surface area contributed by atoms with E-state index in [1.165, 1.54) is 0 Å². The van der Waals surface area contributed by atoms with E-state index in [1.807, 2.05) is 140 Å². The molecule has 2 aliphatic rings. The molecule has 0 aromatic carbocycles. The number of Topliss-reactive ketones (excluding diaryl/α,β-unsaturated/α-hetero) is 2. The number of allylic oxidation sites excluding steroid dienone is 20. The van der Waals surface area contributed by atoms with Crippen LogP contribution in [0.1, 0.15) is 133 Å². The van der Waals surface area contributed by atoms with Crippen molar-refractivity contribution in [1.29, 1.82) is 0 Å². The number of nitrogens with two attached hydrogens (primary N) is 2. The molecule has 18 nitrogen and oxygen atoms in total. The highest BCUT2D eigenvalue weighted by atomic mass is 16.6. The SMILES string of the molecule is CC1=C(/C=C/C(C)=C/C=C/C(C)=C/C=C/C=C(C)/C=C/C=C(C)/C=C/C2=C(C)C(=O)C(OC(=O)CCNC(=O)NCCCCC(N)C(=O)O)CC2(C)C)C(C)(C)CC(OC(=O)CCNC(=O)NCCCCC(N)C(=O)O)C1=O. The molecule has 0 aliphatic heterocycles. The molecule has 0 saturated heterocycles. The quantitative estimate of drug-likeness (QED) is 0.0190. The zero-order valence-electron chi connectivity index (χ0n) is 47.4. The van der Waals surface area contributed by atoms with Crippen LogP contribution in [0.15, 0.2) is 130 Å². The summed E-state index contributed by atoms with van der Waals surface area (Å²) >= 11 is 0. The number of rotatable bonds is 30. The average Bonchev–Trinajstić information content (AvgIpc) is 3.40. The summed E-state index contributed by atoms with van der Waals surface area (Å²) in [4.78, 5) is 97.6. The van der Waals surface area contributed by atoms with E-state index in [2.05, 4.69) is 21.3 Å². The van der Waals surface area contributed by atoms with Crippen molar-refractivity contribution < 1.29 is 58.0 Å². The first-order chi connectivity index (χ1) is 36.6. The van der Waals surface area contributed by atoms with Crippen LogP contribution in [0.4, 0.5) is 9.59 Å². The smallest absolute Gasteiger partial charge is 0.320 e. The van der Waals surface area contributed by atoms with Crippen LogP contribution in [0.25, 0.3) is 0 Å². The maximum absolute atomic E-state index is 13.3. The molecule has 428 valence electrons. The van der Waals surface area contributed by atoms with Crippen LogP contribution in [-0.4, -0.2) is 108 Å². The summed E-state index contributed by atoms with van der Waals surface area (Å²) in [6.45, 7) is 20.2. The standard InChI is InChI=1S/C60H86N6O12/c1-39(21-17-23-41(3)27-29-45-43(5)53(69)49(37-59(45,7)8)77-51(67)31-35-65-57(75)63-33-15-13-25-47(61)55(71)72)19-11-12-20-40(2)22-18-24-42(4)28-30-46-44(6)54(70)50(38-60(46,9)10)78-52(68)32-36-66-58(76)64-34-16-14-26-48(62)56(73)74/h11-12,17-24,27-30,47-50H,13-16,25-26,31-38,61-62H2,1-10H3,(H,71,72)(H,73,74)(H2,63,65,75)(H2,64,66,76)/b12-11+,21-17+,22-18+,29-27+,30-28+,39-19+,40-20+,41-23+,42-24+. The molecule has 4 unspecified atom stereocenters. The van der Waals surface area contributed by atoms with Crippen LogP contribution in [0.2, 0.25) is 0 Å². The number of urea groups is 2. The molecule has 0 saturated carbocycles. The Morgan fingerprint density at radius 1 is 0.538 bits per heavy atom. The van der Waals surface area contributed by atoms with Crippen LogP contribution < -0.4 is 32.7 Å². The fourth-order valence-electron chi connectivity index (χ4n) is 8.50. The molecule has 0 spiro atoms. The molecule has 0 aromatic heterocycles. The van der Waals surface area contributed by atoms with Crippen LogP contribution in [-0.2, 0) is 38.2 Å². The molecular weight excluding hydrogens is 997 g/mol. The van der Waals surface area contributed by atoms with E-state index in [0.717, 1.165) is 33.4 Å².